The van der Waals surface area contributed by atoms with E-state index in [1.54, 1.807) is 0 Å². The molecule has 2 saturated heterocycles. The van der Waals surface area contributed by atoms with Crippen LogP contribution in [0, 0.1) is 0 Å². The molecule has 0 aliphatic carbocycles. The standard InChI is InChI=1S/C15H23NOS/c1-4-10-16(15-9-3-6-12-18-15)13(7-1)14-8-2-5-11-17-14/h2,5,8,11,13-15H,1,3-4,6-7,9-10,12H2. The molecule has 0 amide bonds. The van der Waals surface area contributed by atoms with E-state index in [9.17, 15) is 0 Å². The molecule has 0 saturated carbocycles. The Morgan fingerprint density at radius 2 is 2.00 bits per heavy atom. The number of likely N-dealkylation sites (tertiary alicyclic amines) is 1. The van der Waals surface area contributed by atoms with Crippen LogP contribution in [0.25, 0.3) is 0 Å². The molecule has 3 atom stereocenters. The first-order chi connectivity index (χ1) is 8.95. The van der Waals surface area contributed by atoms with Gasteiger partial charge < -0.3 is 4.74 Å². The minimum absolute atomic E-state index is 0.276. The molecule has 3 heteroatoms. The highest BCUT2D eigenvalue weighted by Crippen LogP contribution is 2.34. The van der Waals surface area contributed by atoms with Crippen LogP contribution in [-0.2, 0) is 4.74 Å². The van der Waals surface area contributed by atoms with Crippen molar-refractivity contribution in [2.45, 2.75) is 56.0 Å². The van der Waals surface area contributed by atoms with E-state index < -0.39 is 0 Å². The highest BCUT2D eigenvalue weighted by atomic mass is 32.2. The van der Waals surface area contributed by atoms with Crippen LogP contribution in [0.5, 0.6) is 0 Å². The van der Waals surface area contributed by atoms with Crippen LogP contribution in [-0.4, -0.2) is 34.7 Å². The number of nitrogens with zero attached hydrogens (tertiary/aromatic N) is 1. The van der Waals surface area contributed by atoms with Gasteiger partial charge in [0.2, 0.25) is 0 Å². The zero-order chi connectivity index (χ0) is 12.2. The van der Waals surface area contributed by atoms with Crippen molar-refractivity contribution in [3.8, 4) is 0 Å². The molecule has 0 N–H and O–H groups in total. The first-order valence-corrected chi connectivity index (χ1v) is 8.36. The summed E-state index contributed by atoms with van der Waals surface area (Å²) in [5, 5.41) is 0.743. The summed E-state index contributed by atoms with van der Waals surface area (Å²) in [6.45, 7) is 1.26. The predicted octanol–water partition coefficient (Wildman–Crippen LogP) is 3.55. The lowest BCUT2D eigenvalue weighted by atomic mass is 9.95. The van der Waals surface area contributed by atoms with Gasteiger partial charge in [-0.25, -0.2) is 0 Å². The van der Waals surface area contributed by atoms with Gasteiger partial charge in [-0.3, -0.25) is 4.90 Å². The van der Waals surface area contributed by atoms with Crippen LogP contribution in [0.4, 0.5) is 0 Å². The molecule has 18 heavy (non-hydrogen) atoms. The Labute approximate surface area is 114 Å². The average molecular weight is 265 g/mol. The number of hydrogen-bond acceptors (Lipinski definition) is 3. The third-order valence-electron chi connectivity index (χ3n) is 4.22. The van der Waals surface area contributed by atoms with Crippen molar-refractivity contribution in [2.24, 2.45) is 0 Å². The van der Waals surface area contributed by atoms with Crippen LogP contribution in [0.1, 0.15) is 38.5 Å². The predicted molar refractivity (Wildman–Crippen MR) is 77.6 cm³/mol. The summed E-state index contributed by atoms with van der Waals surface area (Å²) in [4.78, 5) is 2.74. The molecular formula is C15H23NOS. The van der Waals surface area contributed by atoms with Gasteiger partial charge in [0.1, 0.15) is 6.10 Å². The van der Waals surface area contributed by atoms with Crippen LogP contribution >= 0.6 is 11.8 Å². The van der Waals surface area contributed by atoms with Gasteiger partial charge >= 0.3 is 0 Å². The topological polar surface area (TPSA) is 12.5 Å². The van der Waals surface area contributed by atoms with Crippen molar-refractivity contribution < 1.29 is 4.74 Å². The van der Waals surface area contributed by atoms with Crippen LogP contribution < -0.4 is 0 Å². The maximum absolute atomic E-state index is 5.82. The van der Waals surface area contributed by atoms with Gasteiger partial charge in [-0.15, -0.1) is 11.8 Å². The van der Waals surface area contributed by atoms with E-state index >= 15 is 0 Å². The molecule has 3 rings (SSSR count). The van der Waals surface area contributed by atoms with E-state index in [1.165, 1.54) is 50.8 Å². The minimum Gasteiger partial charge on any atom is -0.492 e. The lowest BCUT2D eigenvalue weighted by molar-refractivity contribution is 0.0309. The smallest absolute Gasteiger partial charge is 0.132 e. The maximum atomic E-state index is 5.82. The van der Waals surface area contributed by atoms with Crippen LogP contribution in [0.2, 0.25) is 0 Å². The monoisotopic (exact) mass is 265 g/mol. The van der Waals surface area contributed by atoms with Gasteiger partial charge in [0.15, 0.2) is 0 Å². The molecule has 0 radical (unpaired) electrons. The second-order valence-electron chi connectivity index (χ2n) is 5.44. The van der Waals surface area contributed by atoms with Crippen molar-refractivity contribution in [3.63, 3.8) is 0 Å². The second-order valence-corrected chi connectivity index (χ2v) is 6.72. The molecular weight excluding hydrogens is 242 g/mol. The Morgan fingerprint density at radius 1 is 1.06 bits per heavy atom. The number of ether oxygens (including phenoxy) is 1. The van der Waals surface area contributed by atoms with Gasteiger partial charge in [-0.1, -0.05) is 18.9 Å². The molecule has 2 nitrogen and oxygen atoms in total. The number of thioether (sulfide) groups is 1. The molecule has 0 aromatic rings. The number of piperidine rings is 1. The van der Waals surface area contributed by atoms with Crippen molar-refractivity contribution in [1.29, 1.82) is 0 Å². The molecule has 3 unspecified atom stereocenters. The van der Waals surface area contributed by atoms with Gasteiger partial charge in [0, 0.05) is 0 Å². The fraction of sp³-hybridized carbons (Fsp3) is 0.733. The Morgan fingerprint density at radius 3 is 2.78 bits per heavy atom. The summed E-state index contributed by atoms with van der Waals surface area (Å²) in [5.41, 5.74) is 0. The zero-order valence-electron chi connectivity index (χ0n) is 11.0. The molecule has 3 aliphatic rings. The van der Waals surface area contributed by atoms with E-state index in [0.717, 1.165) is 5.37 Å². The summed E-state index contributed by atoms with van der Waals surface area (Å²) < 4.78 is 5.82. The van der Waals surface area contributed by atoms with E-state index in [2.05, 4.69) is 28.8 Å². The lowest BCUT2D eigenvalue weighted by Gasteiger charge is -2.44. The Balaban J connectivity index is 1.68. The van der Waals surface area contributed by atoms with Crippen molar-refractivity contribution in [1.82, 2.24) is 4.90 Å². The maximum Gasteiger partial charge on any atom is 0.132 e. The SMILES string of the molecule is C1=COC(C2CCCCN2C2CCCCS2)C=C1. The Bertz CT molecular complexity index is 322. The van der Waals surface area contributed by atoms with Crippen LogP contribution in [0.15, 0.2) is 24.5 Å². The van der Waals surface area contributed by atoms with Crippen molar-refractivity contribution >= 4 is 11.8 Å². The largest absolute Gasteiger partial charge is 0.492 e. The van der Waals surface area contributed by atoms with E-state index in [0.29, 0.717) is 6.04 Å². The normalized spacial score (nSPS) is 37.4. The highest BCUT2D eigenvalue weighted by Gasteiger charge is 2.34. The van der Waals surface area contributed by atoms with E-state index in [-0.39, 0.29) is 6.10 Å². The van der Waals surface area contributed by atoms with Crippen molar-refractivity contribution in [2.75, 3.05) is 12.3 Å². The average Bonchev–Trinajstić information content (AvgIpc) is 2.49. The zero-order valence-corrected chi connectivity index (χ0v) is 11.8. The molecule has 0 bridgehead atoms. The summed E-state index contributed by atoms with van der Waals surface area (Å²) >= 11 is 2.17. The first-order valence-electron chi connectivity index (χ1n) is 7.31. The van der Waals surface area contributed by atoms with Gasteiger partial charge in [-0.05, 0) is 50.1 Å². The van der Waals surface area contributed by atoms with Gasteiger partial charge in [-0.2, -0.15) is 0 Å². The first kappa shape index (κ1) is 12.6. The fourth-order valence-electron chi connectivity index (χ4n) is 3.29. The number of rotatable bonds is 2. The fourth-order valence-corrected chi connectivity index (χ4v) is 4.72. The third-order valence-corrected chi connectivity index (χ3v) is 5.64. The summed E-state index contributed by atoms with van der Waals surface area (Å²) in [7, 11) is 0. The molecule has 100 valence electrons. The molecule has 0 aromatic carbocycles. The number of hydrogen-bond donors (Lipinski definition) is 0. The minimum atomic E-state index is 0.276. The summed E-state index contributed by atoms with van der Waals surface area (Å²) in [6, 6.07) is 0.593. The van der Waals surface area contributed by atoms with E-state index in [1.807, 2.05) is 12.3 Å². The van der Waals surface area contributed by atoms with Crippen molar-refractivity contribution in [3.05, 3.63) is 24.5 Å². The quantitative estimate of drug-likeness (QED) is 0.757. The van der Waals surface area contributed by atoms with Gasteiger partial charge in [0.05, 0.1) is 17.7 Å². The van der Waals surface area contributed by atoms with E-state index in [4.69, 9.17) is 4.74 Å². The summed E-state index contributed by atoms with van der Waals surface area (Å²) in [5.74, 6) is 1.34. The third kappa shape index (κ3) is 2.77. The number of allylic oxidation sites excluding steroid dienone is 2. The Kier molecular flexibility index (Phi) is 4.32. The highest BCUT2D eigenvalue weighted by molar-refractivity contribution is 7.99. The summed E-state index contributed by atoms with van der Waals surface area (Å²) in [6.07, 6.45) is 16.7. The van der Waals surface area contributed by atoms with Crippen LogP contribution in [0.3, 0.4) is 0 Å². The molecule has 2 fully saturated rings. The molecule has 3 aliphatic heterocycles. The molecule has 3 heterocycles. The lowest BCUT2D eigenvalue weighted by Crippen LogP contribution is -2.51. The second kappa shape index (κ2) is 6.16. The van der Waals surface area contributed by atoms with Gasteiger partial charge in [0.25, 0.3) is 0 Å². The molecule has 0 spiro atoms. The Hall–Kier alpha value is -0.410. The molecule has 0 aromatic heterocycles.